The zero-order chi connectivity index (χ0) is 19.8. The van der Waals surface area contributed by atoms with Gasteiger partial charge in [0.2, 0.25) is 0 Å². The Morgan fingerprint density at radius 2 is 2.11 bits per heavy atom. The number of hydrogen-bond acceptors (Lipinski definition) is 7. The van der Waals surface area contributed by atoms with Gasteiger partial charge in [0.1, 0.15) is 15.9 Å². The fourth-order valence-electron chi connectivity index (χ4n) is 3.64. The Kier molecular flexibility index (Phi) is 6.01. The smallest absolute Gasteiger partial charge is 0.319 e. The van der Waals surface area contributed by atoms with Crippen LogP contribution in [0.25, 0.3) is 10.2 Å². The van der Waals surface area contributed by atoms with Gasteiger partial charge >= 0.3 is 5.97 Å². The molecule has 2 unspecified atom stereocenters. The normalized spacial score (nSPS) is 18.3. The Balaban J connectivity index is 1.91. The summed E-state index contributed by atoms with van der Waals surface area (Å²) in [5, 5.41) is 1.28. The second-order valence-corrected chi connectivity index (χ2v) is 10.4. The second-order valence-electron chi connectivity index (χ2n) is 8.15. The quantitative estimate of drug-likeness (QED) is 0.433. The van der Waals surface area contributed by atoms with E-state index in [0.717, 1.165) is 23.1 Å². The van der Waals surface area contributed by atoms with Gasteiger partial charge in [-0.15, -0.1) is 11.3 Å². The van der Waals surface area contributed by atoms with E-state index in [9.17, 15) is 4.79 Å². The van der Waals surface area contributed by atoms with E-state index in [2.05, 4.69) is 25.8 Å². The first-order chi connectivity index (χ1) is 12.7. The van der Waals surface area contributed by atoms with Crippen molar-refractivity contribution in [3.05, 3.63) is 10.4 Å². The highest BCUT2D eigenvalue weighted by Gasteiger charge is 2.32. The Hall–Kier alpha value is -1.34. The third-order valence-corrected chi connectivity index (χ3v) is 7.66. The molecule has 1 aliphatic rings. The average molecular weight is 408 g/mol. The van der Waals surface area contributed by atoms with Crippen molar-refractivity contribution in [2.24, 2.45) is 11.3 Å². The number of aromatic nitrogens is 2. The van der Waals surface area contributed by atoms with Crippen LogP contribution >= 0.6 is 23.1 Å². The lowest BCUT2D eigenvalue weighted by Gasteiger charge is -2.33. The molecule has 7 heteroatoms. The van der Waals surface area contributed by atoms with Gasteiger partial charge in [-0.2, -0.15) is 0 Å². The minimum atomic E-state index is -0.304. The van der Waals surface area contributed by atoms with Gasteiger partial charge in [-0.05, 0) is 49.5 Å². The van der Waals surface area contributed by atoms with Gasteiger partial charge in [-0.25, -0.2) is 9.97 Å². The van der Waals surface area contributed by atoms with E-state index < -0.39 is 0 Å². The highest BCUT2D eigenvalue weighted by Crippen LogP contribution is 2.44. The number of nitrogen functional groups attached to an aromatic ring is 1. The number of carbonyl (C=O) groups excluding carboxylic acids is 1. The van der Waals surface area contributed by atoms with Crippen LogP contribution in [-0.2, 0) is 22.4 Å². The van der Waals surface area contributed by atoms with Crippen molar-refractivity contribution in [1.29, 1.82) is 0 Å². The van der Waals surface area contributed by atoms with Crippen LogP contribution in [0.15, 0.2) is 5.16 Å². The molecule has 0 fully saturated rings. The molecule has 2 heterocycles. The number of nitrogens with zero attached hydrogens (tertiary/aromatic N) is 2. The van der Waals surface area contributed by atoms with Crippen molar-refractivity contribution in [3.8, 4) is 0 Å². The molecule has 5 nitrogen and oxygen atoms in total. The topological polar surface area (TPSA) is 78.1 Å². The number of fused-ring (bicyclic) bond motifs is 3. The molecule has 0 saturated heterocycles. The van der Waals surface area contributed by atoms with E-state index >= 15 is 0 Å². The molecule has 0 radical (unpaired) electrons. The Bertz CT molecular complexity index is 842. The maximum absolute atomic E-state index is 12.1. The Labute approximate surface area is 169 Å². The standard InChI is InChI=1S/C20H29N3O2S2/c1-6-13(18(24)25-7-2)27-19-22-16(21)15-12-9-8-11(20(3,4)5)10-14(12)26-17(15)23-19/h11,13H,6-10H2,1-5H3,(H2,21,22,23). The number of hydrogen-bond donors (Lipinski definition) is 1. The predicted molar refractivity (Wildman–Crippen MR) is 113 cm³/mol. The number of ether oxygens (including phenoxy) is 1. The van der Waals surface area contributed by atoms with Crippen molar-refractivity contribution in [1.82, 2.24) is 9.97 Å². The van der Waals surface area contributed by atoms with Crippen molar-refractivity contribution in [2.45, 2.75) is 70.7 Å². The van der Waals surface area contributed by atoms with Gasteiger partial charge in [0.25, 0.3) is 0 Å². The van der Waals surface area contributed by atoms with E-state index in [1.54, 1.807) is 11.3 Å². The fraction of sp³-hybridized carbons (Fsp3) is 0.650. The summed E-state index contributed by atoms with van der Waals surface area (Å²) in [6.45, 7) is 11.1. The molecule has 0 amide bonds. The van der Waals surface area contributed by atoms with Crippen LogP contribution in [0, 0.1) is 11.3 Å². The minimum absolute atomic E-state index is 0.217. The van der Waals surface area contributed by atoms with Crippen molar-refractivity contribution in [3.63, 3.8) is 0 Å². The van der Waals surface area contributed by atoms with E-state index in [0.29, 0.717) is 35.3 Å². The highest BCUT2D eigenvalue weighted by molar-refractivity contribution is 8.00. The van der Waals surface area contributed by atoms with Crippen LogP contribution in [0.3, 0.4) is 0 Å². The summed E-state index contributed by atoms with van der Waals surface area (Å²) in [6.07, 6.45) is 3.97. The monoisotopic (exact) mass is 407 g/mol. The molecule has 2 atom stereocenters. The molecule has 0 aromatic carbocycles. The molecule has 148 valence electrons. The number of anilines is 1. The number of aryl methyl sites for hydroxylation is 1. The maximum Gasteiger partial charge on any atom is 0.319 e. The van der Waals surface area contributed by atoms with E-state index in [4.69, 9.17) is 15.5 Å². The molecule has 0 bridgehead atoms. The number of rotatable bonds is 5. The van der Waals surface area contributed by atoms with Crippen LogP contribution in [0.4, 0.5) is 5.82 Å². The lowest BCUT2D eigenvalue weighted by Crippen LogP contribution is -2.26. The number of thioether (sulfide) groups is 1. The first kappa shape index (κ1) is 20.4. The van der Waals surface area contributed by atoms with Gasteiger partial charge in [0, 0.05) is 4.88 Å². The summed E-state index contributed by atoms with van der Waals surface area (Å²) >= 11 is 3.09. The zero-order valence-electron chi connectivity index (χ0n) is 16.8. The summed E-state index contributed by atoms with van der Waals surface area (Å²) in [5.41, 5.74) is 7.96. The van der Waals surface area contributed by atoms with E-state index in [1.165, 1.54) is 28.6 Å². The third-order valence-electron chi connectivity index (χ3n) is 5.31. The Morgan fingerprint density at radius 1 is 1.37 bits per heavy atom. The number of carbonyl (C=O) groups is 1. The van der Waals surface area contributed by atoms with E-state index in [1.807, 2.05) is 13.8 Å². The van der Waals surface area contributed by atoms with Gasteiger partial charge in [0.05, 0.1) is 12.0 Å². The molecule has 0 aliphatic heterocycles. The molecule has 2 aromatic heterocycles. The first-order valence-electron chi connectivity index (χ1n) is 9.65. The van der Waals surface area contributed by atoms with Crippen molar-refractivity contribution in [2.75, 3.05) is 12.3 Å². The maximum atomic E-state index is 12.1. The lowest BCUT2D eigenvalue weighted by molar-refractivity contribution is -0.142. The van der Waals surface area contributed by atoms with Crippen LogP contribution in [0.5, 0.6) is 0 Å². The van der Waals surface area contributed by atoms with Crippen LogP contribution < -0.4 is 5.73 Å². The molecule has 3 rings (SSSR count). The molecule has 0 saturated carbocycles. The minimum Gasteiger partial charge on any atom is -0.465 e. The summed E-state index contributed by atoms with van der Waals surface area (Å²) in [6, 6.07) is 0. The van der Waals surface area contributed by atoms with Crippen LogP contribution in [0.2, 0.25) is 0 Å². The number of nitrogens with two attached hydrogens (primary N) is 1. The molecule has 2 N–H and O–H groups in total. The van der Waals surface area contributed by atoms with Crippen molar-refractivity contribution >= 4 is 45.1 Å². The molecular weight excluding hydrogens is 378 g/mol. The molecule has 1 aliphatic carbocycles. The summed E-state index contributed by atoms with van der Waals surface area (Å²) in [7, 11) is 0. The predicted octanol–water partition coefficient (Wildman–Crippen LogP) is 4.86. The fourth-order valence-corrected chi connectivity index (χ4v) is 5.88. The third kappa shape index (κ3) is 4.24. The first-order valence-corrected chi connectivity index (χ1v) is 11.3. The number of thiophene rings is 1. The number of esters is 1. The van der Waals surface area contributed by atoms with Gasteiger partial charge in [0.15, 0.2) is 5.16 Å². The van der Waals surface area contributed by atoms with Crippen molar-refractivity contribution < 1.29 is 9.53 Å². The summed E-state index contributed by atoms with van der Waals surface area (Å²) in [4.78, 5) is 23.7. The van der Waals surface area contributed by atoms with Gasteiger partial charge < -0.3 is 10.5 Å². The van der Waals surface area contributed by atoms with E-state index in [-0.39, 0.29) is 11.2 Å². The highest BCUT2D eigenvalue weighted by atomic mass is 32.2. The zero-order valence-corrected chi connectivity index (χ0v) is 18.4. The average Bonchev–Trinajstić information content (AvgIpc) is 2.96. The van der Waals surface area contributed by atoms with Gasteiger partial charge in [-0.1, -0.05) is 39.5 Å². The van der Waals surface area contributed by atoms with Crippen LogP contribution in [0.1, 0.15) is 57.9 Å². The summed E-state index contributed by atoms with van der Waals surface area (Å²) < 4.78 is 5.15. The molecule has 0 spiro atoms. The lowest BCUT2D eigenvalue weighted by atomic mass is 9.72. The second kappa shape index (κ2) is 7.95. The van der Waals surface area contributed by atoms with Crippen LogP contribution in [-0.4, -0.2) is 27.8 Å². The Morgan fingerprint density at radius 3 is 2.74 bits per heavy atom. The summed E-state index contributed by atoms with van der Waals surface area (Å²) in [5.74, 6) is 0.994. The molecule has 2 aromatic rings. The van der Waals surface area contributed by atoms with Gasteiger partial charge in [-0.3, -0.25) is 4.79 Å². The SMILES string of the molecule is CCOC(=O)C(CC)Sc1nc(N)c2c3c(sc2n1)CC(C(C)(C)C)CC3. The molecule has 27 heavy (non-hydrogen) atoms. The molecular formula is C20H29N3O2S2. The largest absolute Gasteiger partial charge is 0.465 e.